The summed E-state index contributed by atoms with van der Waals surface area (Å²) < 4.78 is 0.260. The van der Waals surface area contributed by atoms with E-state index in [-0.39, 0.29) is 21.7 Å². The molecule has 25 heavy (non-hydrogen) atoms. The molecular formula is C20H13BrN2O2. The van der Waals surface area contributed by atoms with Gasteiger partial charge in [-0.1, -0.05) is 30.3 Å². The first-order chi connectivity index (χ1) is 12.1. The standard InChI is InChI=1S/C20H13BrN2O2/c21-17-18(23-11-14-7-3-4-8-22-14)20(25)16-10-13-6-2-1-5-12(13)9-15(16)19(17)24/h1-10,23H,11H2. The molecule has 2 aromatic carbocycles. The molecule has 0 spiro atoms. The van der Waals surface area contributed by atoms with Crippen LogP contribution in [0.1, 0.15) is 26.4 Å². The summed E-state index contributed by atoms with van der Waals surface area (Å²) in [5.41, 5.74) is 1.92. The average molecular weight is 393 g/mol. The SMILES string of the molecule is O=C1C(Br)=C(NCc2ccccn2)C(=O)c2cc3ccccc3cc21. The molecule has 0 unspecified atom stereocenters. The van der Waals surface area contributed by atoms with Gasteiger partial charge in [-0.05, 0) is 51.0 Å². The third kappa shape index (κ3) is 2.76. The van der Waals surface area contributed by atoms with Crippen LogP contribution in [0.4, 0.5) is 0 Å². The number of benzene rings is 2. The van der Waals surface area contributed by atoms with E-state index in [1.165, 1.54) is 0 Å². The lowest BCUT2D eigenvalue weighted by Gasteiger charge is -2.20. The predicted octanol–water partition coefficient (Wildman–Crippen LogP) is 4.01. The molecule has 0 bridgehead atoms. The Balaban J connectivity index is 1.73. The number of Topliss-reactive ketones (excluding diaryl/α,β-unsaturated/α-hetero) is 2. The Morgan fingerprint density at radius 3 is 2.16 bits per heavy atom. The van der Waals surface area contributed by atoms with Crippen LogP contribution in [0.5, 0.6) is 0 Å². The molecule has 5 heteroatoms. The monoisotopic (exact) mass is 392 g/mol. The lowest BCUT2D eigenvalue weighted by atomic mass is 9.90. The highest BCUT2D eigenvalue weighted by atomic mass is 79.9. The van der Waals surface area contributed by atoms with Crippen molar-refractivity contribution in [3.63, 3.8) is 0 Å². The van der Waals surface area contributed by atoms with Gasteiger partial charge in [0.1, 0.15) is 5.70 Å². The zero-order chi connectivity index (χ0) is 17.4. The number of hydrogen-bond acceptors (Lipinski definition) is 4. The molecule has 0 fully saturated rings. The number of ketones is 2. The Bertz CT molecular complexity index is 1040. The lowest BCUT2D eigenvalue weighted by molar-refractivity contribution is 0.0976. The zero-order valence-electron chi connectivity index (χ0n) is 13.1. The second kappa shape index (κ2) is 6.26. The van der Waals surface area contributed by atoms with E-state index in [2.05, 4.69) is 26.2 Å². The lowest BCUT2D eigenvalue weighted by Crippen LogP contribution is -2.29. The number of nitrogens with one attached hydrogen (secondary N) is 1. The van der Waals surface area contributed by atoms with E-state index >= 15 is 0 Å². The van der Waals surface area contributed by atoms with Gasteiger partial charge in [-0.3, -0.25) is 14.6 Å². The molecule has 1 N–H and O–H groups in total. The van der Waals surface area contributed by atoms with Gasteiger partial charge in [-0.2, -0.15) is 0 Å². The van der Waals surface area contributed by atoms with Gasteiger partial charge in [0, 0.05) is 17.3 Å². The van der Waals surface area contributed by atoms with Crippen LogP contribution >= 0.6 is 15.9 Å². The molecule has 0 saturated heterocycles. The summed E-state index contributed by atoms with van der Waals surface area (Å²) >= 11 is 3.29. The van der Waals surface area contributed by atoms with Crippen molar-refractivity contribution in [1.29, 1.82) is 0 Å². The van der Waals surface area contributed by atoms with Crippen molar-refractivity contribution in [1.82, 2.24) is 10.3 Å². The fourth-order valence-electron chi connectivity index (χ4n) is 2.92. The van der Waals surface area contributed by atoms with Crippen LogP contribution in [0.2, 0.25) is 0 Å². The summed E-state index contributed by atoms with van der Waals surface area (Å²) in [7, 11) is 0. The van der Waals surface area contributed by atoms with Gasteiger partial charge in [0.05, 0.1) is 16.7 Å². The molecular weight excluding hydrogens is 380 g/mol. The highest BCUT2D eigenvalue weighted by Gasteiger charge is 2.31. The summed E-state index contributed by atoms with van der Waals surface area (Å²) in [4.78, 5) is 29.9. The van der Waals surface area contributed by atoms with Crippen LogP contribution in [-0.2, 0) is 6.54 Å². The number of nitrogens with zero attached hydrogens (tertiary/aromatic N) is 1. The Morgan fingerprint density at radius 2 is 1.52 bits per heavy atom. The van der Waals surface area contributed by atoms with Crippen LogP contribution in [0.15, 0.2) is 71.0 Å². The molecule has 1 aliphatic carbocycles. The highest BCUT2D eigenvalue weighted by molar-refractivity contribution is 9.12. The number of hydrogen-bond donors (Lipinski definition) is 1. The van der Waals surface area contributed by atoms with Gasteiger partial charge in [0.25, 0.3) is 0 Å². The summed E-state index contributed by atoms with van der Waals surface area (Å²) in [6.45, 7) is 0.368. The number of allylic oxidation sites excluding steroid dienone is 2. The molecule has 0 radical (unpaired) electrons. The van der Waals surface area contributed by atoms with Crippen LogP contribution < -0.4 is 5.32 Å². The second-order valence-corrected chi connectivity index (χ2v) is 6.56. The number of carbonyl (C=O) groups is 2. The summed E-state index contributed by atoms with van der Waals surface area (Å²) in [6, 6.07) is 16.8. The second-order valence-electron chi connectivity index (χ2n) is 5.77. The van der Waals surface area contributed by atoms with Gasteiger partial charge < -0.3 is 5.32 Å². The van der Waals surface area contributed by atoms with Crippen molar-refractivity contribution >= 4 is 38.3 Å². The zero-order valence-corrected chi connectivity index (χ0v) is 14.7. The number of rotatable bonds is 3. The molecule has 0 saturated carbocycles. The third-order valence-corrected chi connectivity index (χ3v) is 4.95. The normalized spacial score (nSPS) is 14.0. The van der Waals surface area contributed by atoms with E-state index in [1.807, 2.05) is 42.5 Å². The van der Waals surface area contributed by atoms with Crippen LogP contribution in [0.3, 0.4) is 0 Å². The van der Waals surface area contributed by atoms with Crippen LogP contribution in [-0.4, -0.2) is 16.6 Å². The predicted molar refractivity (Wildman–Crippen MR) is 99.6 cm³/mol. The van der Waals surface area contributed by atoms with Gasteiger partial charge in [0.2, 0.25) is 11.6 Å². The first-order valence-electron chi connectivity index (χ1n) is 7.81. The van der Waals surface area contributed by atoms with Gasteiger partial charge in [-0.25, -0.2) is 0 Å². The minimum Gasteiger partial charge on any atom is -0.375 e. The van der Waals surface area contributed by atoms with Crippen LogP contribution in [0, 0.1) is 0 Å². The van der Waals surface area contributed by atoms with Crippen molar-refractivity contribution in [3.05, 3.63) is 87.8 Å². The maximum absolute atomic E-state index is 12.9. The summed E-state index contributed by atoms with van der Waals surface area (Å²) in [5.74, 6) is -0.382. The molecule has 0 atom stereocenters. The minimum absolute atomic E-state index is 0.191. The average Bonchev–Trinajstić information content (AvgIpc) is 2.66. The Hall–Kier alpha value is -2.79. The molecule has 1 aromatic heterocycles. The van der Waals surface area contributed by atoms with Crippen molar-refractivity contribution < 1.29 is 9.59 Å². The largest absolute Gasteiger partial charge is 0.375 e. The molecule has 4 rings (SSSR count). The fourth-order valence-corrected chi connectivity index (χ4v) is 3.46. The van der Waals surface area contributed by atoms with E-state index in [0.717, 1.165) is 16.5 Å². The summed E-state index contributed by atoms with van der Waals surface area (Å²) in [6.07, 6.45) is 1.69. The van der Waals surface area contributed by atoms with Crippen molar-refractivity contribution in [3.8, 4) is 0 Å². The number of aromatic nitrogens is 1. The number of fused-ring (bicyclic) bond motifs is 2. The van der Waals surface area contributed by atoms with Crippen molar-refractivity contribution in [2.75, 3.05) is 0 Å². The van der Waals surface area contributed by atoms with Gasteiger partial charge in [-0.15, -0.1) is 0 Å². The van der Waals surface area contributed by atoms with Crippen LogP contribution in [0.25, 0.3) is 10.8 Å². The molecule has 122 valence electrons. The maximum atomic E-state index is 12.9. The first-order valence-corrected chi connectivity index (χ1v) is 8.60. The van der Waals surface area contributed by atoms with E-state index in [1.54, 1.807) is 18.3 Å². The van der Waals surface area contributed by atoms with Crippen molar-refractivity contribution in [2.24, 2.45) is 0 Å². The first kappa shape index (κ1) is 15.7. The minimum atomic E-state index is -0.192. The maximum Gasteiger partial charge on any atom is 0.210 e. The molecule has 4 nitrogen and oxygen atoms in total. The molecule has 0 amide bonds. The van der Waals surface area contributed by atoms with E-state index in [0.29, 0.717) is 17.7 Å². The Labute approximate surface area is 152 Å². The fraction of sp³-hybridized carbons (Fsp3) is 0.0500. The van der Waals surface area contributed by atoms with Gasteiger partial charge >= 0.3 is 0 Å². The van der Waals surface area contributed by atoms with Gasteiger partial charge in [0.15, 0.2) is 0 Å². The smallest absolute Gasteiger partial charge is 0.210 e. The number of halogens is 1. The quantitative estimate of drug-likeness (QED) is 0.731. The van der Waals surface area contributed by atoms with E-state index < -0.39 is 0 Å². The molecule has 0 aliphatic heterocycles. The molecule has 3 aromatic rings. The molecule has 1 heterocycles. The highest BCUT2D eigenvalue weighted by Crippen LogP contribution is 2.31. The van der Waals surface area contributed by atoms with E-state index in [9.17, 15) is 9.59 Å². The molecule has 1 aliphatic rings. The Morgan fingerprint density at radius 1 is 0.880 bits per heavy atom. The summed E-state index contributed by atoms with van der Waals surface area (Å²) in [5, 5.41) is 4.93. The Kier molecular flexibility index (Phi) is 3.93. The van der Waals surface area contributed by atoms with Crippen molar-refractivity contribution in [2.45, 2.75) is 6.54 Å². The van der Waals surface area contributed by atoms with E-state index in [4.69, 9.17) is 0 Å². The third-order valence-electron chi connectivity index (χ3n) is 4.19. The number of pyridine rings is 1. The number of carbonyl (C=O) groups excluding carboxylic acids is 2. The topological polar surface area (TPSA) is 59.1 Å².